The van der Waals surface area contributed by atoms with E-state index in [0.29, 0.717) is 6.42 Å². The average molecular weight is 242 g/mol. The van der Waals surface area contributed by atoms with Gasteiger partial charge in [-0.1, -0.05) is 0 Å². The summed E-state index contributed by atoms with van der Waals surface area (Å²) >= 11 is 0. The lowest BCUT2D eigenvalue weighted by Crippen LogP contribution is -2.44. The minimum absolute atomic E-state index is 0.0806. The number of hydrogen-bond donors (Lipinski definition) is 1. The van der Waals surface area contributed by atoms with Crippen LogP contribution in [0.5, 0.6) is 0 Å². The molecule has 0 aliphatic carbocycles. The zero-order valence-electron chi connectivity index (χ0n) is 11.6. The molecule has 1 unspecified atom stereocenters. The van der Waals surface area contributed by atoms with Gasteiger partial charge in [-0.15, -0.1) is 0 Å². The van der Waals surface area contributed by atoms with Gasteiger partial charge in [0.25, 0.3) is 0 Å². The van der Waals surface area contributed by atoms with Crippen LogP contribution >= 0.6 is 0 Å². The van der Waals surface area contributed by atoms with E-state index >= 15 is 0 Å². The SMILES string of the molecule is COC1CCCN(C(=O)CCNC(C)(C)C)C1. The van der Waals surface area contributed by atoms with Crippen LogP contribution in [-0.2, 0) is 9.53 Å². The number of piperidine rings is 1. The average Bonchev–Trinajstić information content (AvgIpc) is 2.27. The third-order valence-electron chi connectivity index (χ3n) is 3.06. The van der Waals surface area contributed by atoms with Crippen molar-refractivity contribution in [3.63, 3.8) is 0 Å². The highest BCUT2D eigenvalue weighted by Crippen LogP contribution is 2.13. The molecule has 0 radical (unpaired) electrons. The first-order valence-corrected chi connectivity index (χ1v) is 6.48. The quantitative estimate of drug-likeness (QED) is 0.810. The smallest absolute Gasteiger partial charge is 0.223 e. The van der Waals surface area contributed by atoms with Crippen molar-refractivity contribution in [2.45, 2.75) is 51.7 Å². The highest BCUT2D eigenvalue weighted by Gasteiger charge is 2.23. The van der Waals surface area contributed by atoms with E-state index in [0.717, 1.165) is 32.5 Å². The van der Waals surface area contributed by atoms with Gasteiger partial charge in [-0.05, 0) is 33.6 Å². The third kappa shape index (κ3) is 5.50. The van der Waals surface area contributed by atoms with Gasteiger partial charge in [0, 0.05) is 38.7 Å². The summed E-state index contributed by atoms with van der Waals surface area (Å²) in [5.74, 6) is 0.239. The number of nitrogens with zero attached hydrogens (tertiary/aromatic N) is 1. The van der Waals surface area contributed by atoms with Crippen molar-refractivity contribution in [3.05, 3.63) is 0 Å². The fourth-order valence-corrected chi connectivity index (χ4v) is 2.06. The van der Waals surface area contributed by atoms with Gasteiger partial charge in [-0.3, -0.25) is 4.79 Å². The van der Waals surface area contributed by atoms with E-state index < -0.39 is 0 Å². The van der Waals surface area contributed by atoms with Crippen molar-refractivity contribution >= 4 is 5.91 Å². The predicted molar refractivity (Wildman–Crippen MR) is 69.0 cm³/mol. The van der Waals surface area contributed by atoms with Crippen molar-refractivity contribution in [1.29, 1.82) is 0 Å². The summed E-state index contributed by atoms with van der Waals surface area (Å²) in [6, 6.07) is 0. The topological polar surface area (TPSA) is 41.6 Å². The fourth-order valence-electron chi connectivity index (χ4n) is 2.06. The second kappa shape index (κ2) is 6.36. The number of hydrogen-bond acceptors (Lipinski definition) is 3. The molecule has 1 rings (SSSR count). The second-order valence-corrected chi connectivity index (χ2v) is 5.77. The second-order valence-electron chi connectivity index (χ2n) is 5.77. The number of rotatable bonds is 4. The molecular weight excluding hydrogens is 216 g/mol. The highest BCUT2D eigenvalue weighted by molar-refractivity contribution is 5.76. The van der Waals surface area contributed by atoms with Crippen LogP contribution < -0.4 is 5.32 Å². The first-order valence-electron chi connectivity index (χ1n) is 6.48. The van der Waals surface area contributed by atoms with Crippen LogP contribution in [0, 0.1) is 0 Å². The van der Waals surface area contributed by atoms with Crippen molar-refractivity contribution in [2.75, 3.05) is 26.7 Å². The normalized spacial score (nSPS) is 21.6. The summed E-state index contributed by atoms with van der Waals surface area (Å²) < 4.78 is 5.32. The van der Waals surface area contributed by atoms with Gasteiger partial charge in [0.1, 0.15) is 0 Å². The molecule has 0 aromatic rings. The fraction of sp³-hybridized carbons (Fsp3) is 0.923. The van der Waals surface area contributed by atoms with Gasteiger partial charge in [-0.25, -0.2) is 0 Å². The first kappa shape index (κ1) is 14.5. The van der Waals surface area contributed by atoms with Crippen LogP contribution in [0.2, 0.25) is 0 Å². The summed E-state index contributed by atoms with van der Waals surface area (Å²) in [6.07, 6.45) is 2.92. The number of carbonyl (C=O) groups excluding carboxylic acids is 1. The molecule has 4 heteroatoms. The van der Waals surface area contributed by atoms with Gasteiger partial charge in [0.05, 0.1) is 6.10 Å². The number of ether oxygens (including phenoxy) is 1. The molecule has 0 aromatic carbocycles. The minimum atomic E-state index is 0.0806. The van der Waals surface area contributed by atoms with Gasteiger partial charge in [0.2, 0.25) is 5.91 Å². The molecule has 1 atom stereocenters. The van der Waals surface area contributed by atoms with E-state index in [2.05, 4.69) is 26.1 Å². The van der Waals surface area contributed by atoms with E-state index in [9.17, 15) is 4.79 Å². The summed E-state index contributed by atoms with van der Waals surface area (Å²) in [5, 5.41) is 3.34. The van der Waals surface area contributed by atoms with Gasteiger partial charge in [-0.2, -0.15) is 0 Å². The molecule has 1 fully saturated rings. The standard InChI is InChI=1S/C13H26N2O2/c1-13(2,3)14-8-7-12(16)15-9-5-6-11(10-15)17-4/h11,14H,5-10H2,1-4H3. The molecule has 0 spiro atoms. The molecule has 0 aromatic heterocycles. The van der Waals surface area contributed by atoms with Crippen LogP contribution in [0.3, 0.4) is 0 Å². The van der Waals surface area contributed by atoms with E-state index in [1.54, 1.807) is 7.11 Å². The van der Waals surface area contributed by atoms with E-state index in [-0.39, 0.29) is 17.6 Å². The molecule has 17 heavy (non-hydrogen) atoms. The molecule has 100 valence electrons. The molecular formula is C13H26N2O2. The lowest BCUT2D eigenvalue weighted by molar-refractivity contribution is -0.134. The molecule has 1 aliphatic heterocycles. The molecule has 0 bridgehead atoms. The van der Waals surface area contributed by atoms with E-state index in [1.165, 1.54) is 0 Å². The van der Waals surface area contributed by atoms with Crippen molar-refractivity contribution in [2.24, 2.45) is 0 Å². The van der Waals surface area contributed by atoms with Gasteiger partial charge < -0.3 is 15.0 Å². The summed E-state index contributed by atoms with van der Waals surface area (Å²) in [5.41, 5.74) is 0.0806. The number of nitrogens with one attached hydrogen (secondary N) is 1. The Kier molecular flexibility index (Phi) is 5.40. The Bertz CT molecular complexity index is 248. The van der Waals surface area contributed by atoms with Crippen molar-refractivity contribution < 1.29 is 9.53 Å². The largest absolute Gasteiger partial charge is 0.380 e. The van der Waals surface area contributed by atoms with Gasteiger partial charge in [0.15, 0.2) is 0 Å². The maximum atomic E-state index is 12.0. The van der Waals surface area contributed by atoms with Crippen LogP contribution in [-0.4, -0.2) is 49.2 Å². The Labute approximate surface area is 105 Å². The van der Waals surface area contributed by atoms with Crippen LogP contribution in [0.1, 0.15) is 40.0 Å². The van der Waals surface area contributed by atoms with Crippen LogP contribution in [0.4, 0.5) is 0 Å². The van der Waals surface area contributed by atoms with E-state index in [1.807, 2.05) is 4.90 Å². The Balaban J connectivity index is 2.27. The Morgan fingerprint density at radius 3 is 2.76 bits per heavy atom. The van der Waals surface area contributed by atoms with Crippen molar-refractivity contribution in [3.8, 4) is 0 Å². The maximum absolute atomic E-state index is 12.0. The first-order chi connectivity index (χ1) is 7.92. The molecule has 1 saturated heterocycles. The highest BCUT2D eigenvalue weighted by atomic mass is 16.5. The molecule has 4 nitrogen and oxygen atoms in total. The number of likely N-dealkylation sites (tertiary alicyclic amines) is 1. The molecule has 1 heterocycles. The Morgan fingerprint density at radius 1 is 1.47 bits per heavy atom. The Morgan fingerprint density at radius 2 is 2.18 bits per heavy atom. The number of amides is 1. The Hall–Kier alpha value is -0.610. The molecule has 1 amide bonds. The van der Waals surface area contributed by atoms with Gasteiger partial charge >= 0.3 is 0 Å². The predicted octanol–water partition coefficient (Wildman–Crippen LogP) is 1.40. The molecule has 1 aliphatic rings. The minimum Gasteiger partial charge on any atom is -0.380 e. The zero-order chi connectivity index (χ0) is 12.9. The zero-order valence-corrected chi connectivity index (χ0v) is 11.6. The van der Waals surface area contributed by atoms with Crippen LogP contribution in [0.15, 0.2) is 0 Å². The summed E-state index contributed by atoms with van der Waals surface area (Å²) in [7, 11) is 1.72. The lowest BCUT2D eigenvalue weighted by Gasteiger charge is -2.32. The monoisotopic (exact) mass is 242 g/mol. The van der Waals surface area contributed by atoms with Crippen molar-refractivity contribution in [1.82, 2.24) is 10.2 Å². The number of carbonyl (C=O) groups is 1. The van der Waals surface area contributed by atoms with E-state index in [4.69, 9.17) is 4.74 Å². The lowest BCUT2D eigenvalue weighted by atomic mass is 10.1. The number of methoxy groups -OCH3 is 1. The van der Waals surface area contributed by atoms with Crippen LogP contribution in [0.25, 0.3) is 0 Å². The summed E-state index contributed by atoms with van der Waals surface area (Å²) in [4.78, 5) is 13.9. The maximum Gasteiger partial charge on any atom is 0.223 e. The third-order valence-corrected chi connectivity index (χ3v) is 3.06. The molecule has 0 saturated carbocycles. The summed E-state index contributed by atoms with van der Waals surface area (Å²) in [6.45, 7) is 8.72. The molecule has 1 N–H and O–H groups in total.